The zero-order valence-corrected chi connectivity index (χ0v) is 29.0. The Labute approximate surface area is 296 Å². The molecule has 2 atom stereocenters. The third-order valence-electron chi connectivity index (χ3n) is 8.32. The highest BCUT2D eigenvalue weighted by Gasteiger charge is 2.30. The Balaban J connectivity index is 1.29. The second-order valence-electron chi connectivity index (χ2n) is 13.3. The number of aromatic nitrogens is 2. The number of Topliss-reactive ketones (excluding diaryl/α,β-unsaturated/α-hetero) is 1. The van der Waals surface area contributed by atoms with Crippen LogP contribution in [-0.2, 0) is 27.6 Å². The minimum Gasteiger partial charge on any atom is -0.480 e. The number of carbonyl (C=O) groups excluding carboxylic acids is 2. The quantitative estimate of drug-likeness (QED) is 0.104. The summed E-state index contributed by atoms with van der Waals surface area (Å²) in [5.74, 6) is -2.96. The summed E-state index contributed by atoms with van der Waals surface area (Å²) < 4.78 is 53.9. The molecular weight excluding hydrogens is 683 g/mol. The van der Waals surface area contributed by atoms with Gasteiger partial charge in [-0.2, -0.15) is 13.2 Å². The van der Waals surface area contributed by atoms with Gasteiger partial charge < -0.3 is 10.4 Å². The summed E-state index contributed by atoms with van der Waals surface area (Å²) in [5, 5.41) is 11.8. The van der Waals surface area contributed by atoms with Crippen molar-refractivity contribution < 1.29 is 37.1 Å². The predicted molar refractivity (Wildman–Crippen MR) is 188 cm³/mol. The highest BCUT2D eigenvalue weighted by Crippen LogP contribution is 2.33. The van der Waals surface area contributed by atoms with Crippen LogP contribution in [0.15, 0.2) is 91.3 Å². The zero-order chi connectivity index (χ0) is 37.1. The predicted octanol–water partition coefficient (Wildman–Crippen LogP) is 9.02. The minimum absolute atomic E-state index is 0.101. The Morgan fingerprint density at radius 3 is 1.98 bits per heavy atom. The van der Waals surface area contributed by atoms with E-state index in [2.05, 4.69) is 36.1 Å². The Morgan fingerprint density at radius 2 is 1.43 bits per heavy atom. The summed E-state index contributed by atoms with van der Waals surface area (Å²) in [7, 11) is 0. The third kappa shape index (κ3) is 9.12. The van der Waals surface area contributed by atoms with Crippen molar-refractivity contribution in [3.05, 3.63) is 118 Å². The molecule has 0 aliphatic heterocycles. The van der Waals surface area contributed by atoms with Gasteiger partial charge in [-0.1, -0.05) is 69.3 Å². The summed E-state index contributed by atoms with van der Waals surface area (Å²) >= 11 is 1.39. The monoisotopic (exact) mass is 717 g/mol. The van der Waals surface area contributed by atoms with E-state index in [1.165, 1.54) is 54.9 Å². The first kappa shape index (κ1) is 37.0. The van der Waals surface area contributed by atoms with Crippen molar-refractivity contribution in [1.29, 1.82) is 0 Å². The maximum Gasteiger partial charge on any atom is 0.416 e. The summed E-state index contributed by atoms with van der Waals surface area (Å²) in [6, 6.07) is 18.5. The molecular formula is C39H35F4N3O4S. The van der Waals surface area contributed by atoms with Gasteiger partial charge in [-0.15, -0.1) is 11.3 Å². The van der Waals surface area contributed by atoms with Crippen LogP contribution in [0.4, 0.5) is 17.6 Å². The molecule has 2 aromatic heterocycles. The zero-order valence-electron chi connectivity index (χ0n) is 28.2. The summed E-state index contributed by atoms with van der Waals surface area (Å²) in [5.41, 5.74) is 1.95. The molecule has 51 heavy (non-hydrogen) atoms. The summed E-state index contributed by atoms with van der Waals surface area (Å²) in [6.45, 7) is 7.51. The molecule has 2 heterocycles. The average molecular weight is 718 g/mol. The molecule has 7 nitrogen and oxygen atoms in total. The minimum atomic E-state index is -4.46. The normalized spacial score (nSPS) is 13.0. The number of ketones is 1. The van der Waals surface area contributed by atoms with Crippen molar-refractivity contribution in [3.63, 3.8) is 0 Å². The number of amides is 1. The van der Waals surface area contributed by atoms with Gasteiger partial charge in [0, 0.05) is 46.3 Å². The largest absolute Gasteiger partial charge is 0.480 e. The second kappa shape index (κ2) is 14.9. The van der Waals surface area contributed by atoms with E-state index < -0.39 is 41.4 Å². The molecule has 2 N–H and O–H groups in total. The molecule has 0 spiro atoms. The fraction of sp³-hybridized carbons (Fsp3) is 0.256. The van der Waals surface area contributed by atoms with E-state index in [1.807, 2.05) is 6.07 Å². The number of nitrogens with one attached hydrogen (secondary N) is 1. The van der Waals surface area contributed by atoms with Crippen molar-refractivity contribution in [1.82, 2.24) is 15.3 Å². The number of hydrogen-bond donors (Lipinski definition) is 2. The number of carbonyl (C=O) groups is 3. The number of carboxylic acid groups (broad SMARTS) is 1. The number of alkyl halides is 3. The molecule has 0 bridgehead atoms. The Kier molecular flexibility index (Phi) is 10.8. The van der Waals surface area contributed by atoms with Gasteiger partial charge in [-0.05, 0) is 65.8 Å². The molecule has 0 saturated carbocycles. The molecule has 0 aliphatic rings. The van der Waals surface area contributed by atoms with Crippen LogP contribution in [0.2, 0.25) is 0 Å². The van der Waals surface area contributed by atoms with Crippen molar-refractivity contribution in [3.8, 4) is 33.6 Å². The fourth-order valence-corrected chi connectivity index (χ4v) is 6.35. The van der Waals surface area contributed by atoms with E-state index in [1.54, 1.807) is 36.4 Å². The highest BCUT2D eigenvalue weighted by molar-refractivity contribution is 7.14. The SMILES string of the molecule is C[C@@H](NC(=O)[C@@H](CC(=O)c1ccc(C(C)(C)C)s1)Cc1ccc(-c2ncc(-c3ccc(-c4ccc(C(F)(F)F)cc4)cc3F)cn2)cc1)C(=O)O. The number of carboxylic acids is 1. The van der Waals surface area contributed by atoms with Crippen LogP contribution in [-0.4, -0.2) is 38.8 Å². The molecule has 5 rings (SSSR count). The van der Waals surface area contributed by atoms with Gasteiger partial charge in [0.05, 0.1) is 10.4 Å². The number of aliphatic carboxylic acids is 1. The first-order valence-electron chi connectivity index (χ1n) is 16.0. The fourth-order valence-electron chi connectivity index (χ4n) is 5.34. The smallest absolute Gasteiger partial charge is 0.416 e. The number of nitrogens with zero attached hydrogens (tertiary/aromatic N) is 2. The lowest BCUT2D eigenvalue weighted by Crippen LogP contribution is -2.42. The standard InChI is InChI=1S/C39H35F4N3O4S/c1-22(37(49)50)46-36(48)27(19-32(47)33-15-16-34(51-33)38(2,3)4)17-23-5-7-25(8-6-23)35-44-20-28(21-45-35)30-14-11-26(18-31(30)40)24-9-12-29(13-10-24)39(41,42)43/h5-16,18,20-22,27H,17,19H2,1-4H3,(H,46,48)(H,49,50)/t22-,27-/m1/s1. The van der Waals surface area contributed by atoms with Crippen LogP contribution in [0.5, 0.6) is 0 Å². The van der Waals surface area contributed by atoms with Gasteiger partial charge in [0.1, 0.15) is 11.9 Å². The van der Waals surface area contributed by atoms with Gasteiger partial charge in [0.25, 0.3) is 0 Å². The second-order valence-corrected chi connectivity index (χ2v) is 14.4. The lowest BCUT2D eigenvalue weighted by molar-refractivity contribution is -0.141. The first-order valence-corrected chi connectivity index (χ1v) is 16.9. The third-order valence-corrected chi connectivity index (χ3v) is 9.88. The van der Waals surface area contributed by atoms with Crippen molar-refractivity contribution in [2.45, 2.75) is 58.2 Å². The van der Waals surface area contributed by atoms with E-state index in [-0.39, 0.29) is 29.6 Å². The molecule has 0 aliphatic carbocycles. The number of rotatable bonds is 11. The van der Waals surface area contributed by atoms with E-state index in [4.69, 9.17) is 0 Å². The lowest BCUT2D eigenvalue weighted by Gasteiger charge is -2.18. The Morgan fingerprint density at radius 1 is 0.824 bits per heavy atom. The Bertz CT molecular complexity index is 2040. The molecule has 0 unspecified atom stereocenters. The summed E-state index contributed by atoms with van der Waals surface area (Å²) in [4.78, 5) is 48.2. The van der Waals surface area contributed by atoms with Crippen LogP contribution in [0.1, 0.15) is 59.8 Å². The number of halogens is 4. The molecule has 0 saturated heterocycles. The number of hydrogen-bond acceptors (Lipinski definition) is 6. The van der Waals surface area contributed by atoms with Gasteiger partial charge in [0.15, 0.2) is 11.6 Å². The van der Waals surface area contributed by atoms with E-state index in [9.17, 15) is 32.7 Å². The van der Waals surface area contributed by atoms with Crippen molar-refractivity contribution in [2.24, 2.45) is 5.92 Å². The van der Waals surface area contributed by atoms with E-state index in [0.717, 1.165) is 22.6 Å². The topological polar surface area (TPSA) is 109 Å². The molecule has 12 heteroatoms. The molecule has 5 aromatic rings. The molecule has 1 amide bonds. The van der Waals surface area contributed by atoms with E-state index >= 15 is 4.39 Å². The van der Waals surface area contributed by atoms with Gasteiger partial charge in [-0.25, -0.2) is 14.4 Å². The maximum absolute atomic E-state index is 15.1. The van der Waals surface area contributed by atoms with Gasteiger partial charge in [0.2, 0.25) is 5.91 Å². The Hall–Kier alpha value is -5.23. The summed E-state index contributed by atoms with van der Waals surface area (Å²) in [6.07, 6.45) is -1.44. The lowest BCUT2D eigenvalue weighted by atomic mass is 9.92. The van der Waals surface area contributed by atoms with E-state index in [0.29, 0.717) is 33.0 Å². The van der Waals surface area contributed by atoms with Crippen LogP contribution in [0.3, 0.4) is 0 Å². The highest BCUT2D eigenvalue weighted by atomic mass is 32.1. The van der Waals surface area contributed by atoms with Crippen LogP contribution < -0.4 is 5.32 Å². The van der Waals surface area contributed by atoms with Crippen molar-refractivity contribution in [2.75, 3.05) is 0 Å². The van der Waals surface area contributed by atoms with Gasteiger partial charge >= 0.3 is 12.1 Å². The first-order chi connectivity index (χ1) is 24.0. The molecule has 3 aromatic carbocycles. The number of benzene rings is 3. The molecule has 0 fully saturated rings. The number of thiophene rings is 1. The molecule has 0 radical (unpaired) electrons. The van der Waals surface area contributed by atoms with Gasteiger partial charge in [-0.3, -0.25) is 14.4 Å². The van der Waals surface area contributed by atoms with Crippen LogP contribution in [0.25, 0.3) is 33.6 Å². The maximum atomic E-state index is 15.1. The van der Waals surface area contributed by atoms with Crippen molar-refractivity contribution >= 4 is 29.0 Å². The van der Waals surface area contributed by atoms with Crippen LogP contribution >= 0.6 is 11.3 Å². The molecule has 264 valence electrons. The van der Waals surface area contributed by atoms with Crippen LogP contribution in [0, 0.1) is 11.7 Å². The average Bonchev–Trinajstić information content (AvgIpc) is 3.60.